The summed E-state index contributed by atoms with van der Waals surface area (Å²) in [6, 6.07) is 4.44. The normalized spacial score (nSPS) is 17.5. The Balaban J connectivity index is 1.90. The molecule has 2 heterocycles. The van der Waals surface area contributed by atoms with Gasteiger partial charge in [-0.25, -0.2) is 9.97 Å². The average Bonchev–Trinajstić information content (AvgIpc) is 2.52. The molecule has 3 rings (SSSR count). The Kier molecular flexibility index (Phi) is 4.25. The maximum Gasteiger partial charge on any atom is 0.178 e. The smallest absolute Gasteiger partial charge is 0.178 e. The van der Waals surface area contributed by atoms with Gasteiger partial charge in [0.15, 0.2) is 5.82 Å². The molecule has 0 radical (unpaired) electrons. The van der Waals surface area contributed by atoms with E-state index in [1.165, 1.54) is 29.7 Å². The maximum absolute atomic E-state index is 4.77. The summed E-state index contributed by atoms with van der Waals surface area (Å²) < 4.78 is 0. The number of hydrogen-bond acceptors (Lipinski definition) is 4. The minimum atomic E-state index is 0.410. The summed E-state index contributed by atoms with van der Waals surface area (Å²) in [7, 11) is 0. The molecule has 1 aliphatic rings. The summed E-state index contributed by atoms with van der Waals surface area (Å²) in [5.41, 5.74) is 4.50. The van der Waals surface area contributed by atoms with Crippen LogP contribution in [0.2, 0.25) is 0 Å². The van der Waals surface area contributed by atoms with Gasteiger partial charge in [0.05, 0.1) is 0 Å². The molecule has 0 aromatic carbocycles. The second-order valence-corrected chi connectivity index (χ2v) is 5.71. The Bertz CT molecular complexity index is 624. The first-order valence-corrected chi connectivity index (χ1v) is 7.80. The van der Waals surface area contributed by atoms with Gasteiger partial charge in [0.1, 0.15) is 5.69 Å². The Morgan fingerprint density at radius 3 is 3.05 bits per heavy atom. The Morgan fingerprint density at radius 1 is 1.33 bits per heavy atom. The topological polar surface area (TPSA) is 50.7 Å². The lowest BCUT2D eigenvalue weighted by Gasteiger charge is -2.25. The number of fused-ring (bicyclic) bond motifs is 1. The summed E-state index contributed by atoms with van der Waals surface area (Å²) in [5.74, 6) is 0.744. The van der Waals surface area contributed by atoms with Gasteiger partial charge in [-0.2, -0.15) is 0 Å². The number of nitrogens with zero attached hydrogens (tertiary/aromatic N) is 3. The second kappa shape index (κ2) is 6.31. The zero-order chi connectivity index (χ0) is 14.7. The van der Waals surface area contributed by atoms with Crippen molar-refractivity contribution in [1.29, 1.82) is 0 Å². The van der Waals surface area contributed by atoms with E-state index >= 15 is 0 Å². The Hall–Kier alpha value is -1.81. The molecule has 0 aliphatic heterocycles. The van der Waals surface area contributed by atoms with E-state index in [9.17, 15) is 0 Å². The number of rotatable bonds is 4. The first-order valence-electron chi connectivity index (χ1n) is 7.80. The molecule has 1 unspecified atom stereocenters. The van der Waals surface area contributed by atoms with Crippen LogP contribution in [0.5, 0.6) is 0 Å². The van der Waals surface area contributed by atoms with Crippen LogP contribution < -0.4 is 5.32 Å². The average molecular weight is 282 g/mol. The standard InChI is InChI=1S/C17H22N4/c1-3-8-18-14-5-4-6-15-13(14)11-20-17(21-15)16-10-12(2)7-9-19-16/h7,9-11,14,18H,3-6,8H2,1-2H3. The van der Waals surface area contributed by atoms with Gasteiger partial charge in [-0.05, 0) is 56.8 Å². The van der Waals surface area contributed by atoms with Gasteiger partial charge in [-0.3, -0.25) is 4.98 Å². The minimum absolute atomic E-state index is 0.410. The fraction of sp³-hybridized carbons (Fsp3) is 0.471. The first kappa shape index (κ1) is 14.1. The van der Waals surface area contributed by atoms with Crippen LogP contribution in [0.15, 0.2) is 24.5 Å². The third-order valence-corrected chi connectivity index (χ3v) is 3.97. The molecule has 1 N–H and O–H groups in total. The van der Waals surface area contributed by atoms with Crippen molar-refractivity contribution < 1.29 is 0 Å². The van der Waals surface area contributed by atoms with Crippen molar-refractivity contribution >= 4 is 0 Å². The SMILES string of the molecule is CCCNC1CCCc2nc(-c3cc(C)ccn3)ncc21. The summed E-state index contributed by atoms with van der Waals surface area (Å²) in [5, 5.41) is 3.60. The highest BCUT2D eigenvalue weighted by Crippen LogP contribution is 2.29. The van der Waals surface area contributed by atoms with Gasteiger partial charge < -0.3 is 5.32 Å². The molecule has 4 nitrogen and oxygen atoms in total. The fourth-order valence-electron chi connectivity index (χ4n) is 2.86. The van der Waals surface area contributed by atoms with E-state index in [2.05, 4.69) is 29.1 Å². The van der Waals surface area contributed by atoms with Crippen LogP contribution in [-0.2, 0) is 6.42 Å². The highest BCUT2D eigenvalue weighted by atomic mass is 15.0. The lowest BCUT2D eigenvalue weighted by Crippen LogP contribution is -2.26. The third-order valence-electron chi connectivity index (χ3n) is 3.97. The summed E-state index contributed by atoms with van der Waals surface area (Å²) >= 11 is 0. The maximum atomic E-state index is 4.77. The minimum Gasteiger partial charge on any atom is -0.310 e. The van der Waals surface area contributed by atoms with E-state index in [0.29, 0.717) is 6.04 Å². The zero-order valence-electron chi connectivity index (χ0n) is 12.8. The highest BCUT2D eigenvalue weighted by molar-refractivity contribution is 5.50. The van der Waals surface area contributed by atoms with Crippen LogP contribution in [0.3, 0.4) is 0 Å². The molecule has 0 fully saturated rings. The molecule has 0 spiro atoms. The van der Waals surface area contributed by atoms with Crippen molar-refractivity contribution in [3.05, 3.63) is 41.3 Å². The van der Waals surface area contributed by atoms with Gasteiger partial charge in [0, 0.05) is 29.7 Å². The van der Waals surface area contributed by atoms with Crippen molar-refractivity contribution in [2.75, 3.05) is 6.54 Å². The molecule has 0 bridgehead atoms. The van der Waals surface area contributed by atoms with Gasteiger partial charge in [-0.1, -0.05) is 6.92 Å². The lowest BCUT2D eigenvalue weighted by atomic mass is 9.92. The number of hydrogen-bond donors (Lipinski definition) is 1. The Labute approximate surface area is 126 Å². The lowest BCUT2D eigenvalue weighted by molar-refractivity contribution is 0.453. The largest absolute Gasteiger partial charge is 0.310 e. The first-order chi connectivity index (χ1) is 10.3. The van der Waals surface area contributed by atoms with Crippen molar-refractivity contribution in [2.24, 2.45) is 0 Å². The van der Waals surface area contributed by atoms with Crippen LogP contribution >= 0.6 is 0 Å². The number of pyridine rings is 1. The second-order valence-electron chi connectivity index (χ2n) is 5.71. The fourth-order valence-corrected chi connectivity index (χ4v) is 2.86. The summed E-state index contributed by atoms with van der Waals surface area (Å²) in [4.78, 5) is 13.7. The molecule has 2 aromatic heterocycles. The van der Waals surface area contributed by atoms with Crippen LogP contribution in [0, 0.1) is 6.92 Å². The summed E-state index contributed by atoms with van der Waals surface area (Å²) in [6.07, 6.45) is 8.37. The molecule has 2 aromatic rings. The van der Waals surface area contributed by atoms with Crippen molar-refractivity contribution in [3.8, 4) is 11.5 Å². The van der Waals surface area contributed by atoms with Gasteiger partial charge in [0.25, 0.3) is 0 Å². The van der Waals surface area contributed by atoms with Crippen LogP contribution in [0.4, 0.5) is 0 Å². The van der Waals surface area contributed by atoms with E-state index in [1.54, 1.807) is 0 Å². The van der Waals surface area contributed by atoms with E-state index in [0.717, 1.165) is 30.9 Å². The van der Waals surface area contributed by atoms with Crippen LogP contribution in [-0.4, -0.2) is 21.5 Å². The Morgan fingerprint density at radius 2 is 2.24 bits per heavy atom. The van der Waals surface area contributed by atoms with Gasteiger partial charge in [0.2, 0.25) is 0 Å². The van der Waals surface area contributed by atoms with Gasteiger partial charge in [-0.15, -0.1) is 0 Å². The number of aryl methyl sites for hydroxylation is 2. The highest BCUT2D eigenvalue weighted by Gasteiger charge is 2.22. The van der Waals surface area contributed by atoms with Crippen LogP contribution in [0.25, 0.3) is 11.5 Å². The molecule has 1 atom stereocenters. The monoisotopic (exact) mass is 282 g/mol. The molecule has 0 saturated heterocycles. The van der Waals surface area contributed by atoms with Gasteiger partial charge >= 0.3 is 0 Å². The van der Waals surface area contributed by atoms with Crippen molar-refractivity contribution in [2.45, 2.75) is 45.6 Å². The van der Waals surface area contributed by atoms with E-state index < -0.39 is 0 Å². The van der Waals surface area contributed by atoms with E-state index in [4.69, 9.17) is 4.98 Å². The number of aromatic nitrogens is 3. The molecule has 21 heavy (non-hydrogen) atoms. The molecule has 110 valence electrons. The molecule has 0 amide bonds. The van der Waals surface area contributed by atoms with E-state index in [-0.39, 0.29) is 0 Å². The van der Waals surface area contributed by atoms with E-state index in [1.807, 2.05) is 24.5 Å². The quantitative estimate of drug-likeness (QED) is 0.935. The number of nitrogens with one attached hydrogen (secondary N) is 1. The zero-order valence-corrected chi connectivity index (χ0v) is 12.8. The van der Waals surface area contributed by atoms with Crippen molar-refractivity contribution in [1.82, 2.24) is 20.3 Å². The molecule has 0 saturated carbocycles. The molecular formula is C17H22N4. The molecular weight excluding hydrogens is 260 g/mol. The molecule has 4 heteroatoms. The third kappa shape index (κ3) is 3.10. The predicted octanol–water partition coefficient (Wildman–Crippen LogP) is 3.22. The predicted molar refractivity (Wildman–Crippen MR) is 84.0 cm³/mol. The van der Waals surface area contributed by atoms with Crippen molar-refractivity contribution in [3.63, 3.8) is 0 Å². The van der Waals surface area contributed by atoms with Crippen LogP contribution in [0.1, 0.15) is 49.0 Å². The summed E-state index contributed by atoms with van der Waals surface area (Å²) in [6.45, 7) is 5.30. The molecule has 1 aliphatic carbocycles.